The molecule has 0 radical (unpaired) electrons. The first-order valence-corrected chi connectivity index (χ1v) is 10.8. The number of nitrogens with zero attached hydrogens (tertiary/aromatic N) is 1. The zero-order chi connectivity index (χ0) is 25.3. The van der Waals surface area contributed by atoms with Crippen LogP contribution in [0.5, 0.6) is 11.5 Å². The number of nitrogens with two attached hydrogens (primary N) is 3. The second-order valence-corrected chi connectivity index (χ2v) is 7.77. The number of hydrogen-bond donors (Lipinski definition) is 4. The molecule has 2 unspecified atom stereocenters. The number of carboxylic acids is 1. The van der Waals surface area contributed by atoms with Crippen LogP contribution >= 0.6 is 0 Å². The molecule has 3 rings (SSSR count). The number of benzene rings is 2. The average molecular weight is 473 g/mol. The summed E-state index contributed by atoms with van der Waals surface area (Å²) in [6, 6.07) is 11.6. The van der Waals surface area contributed by atoms with Gasteiger partial charge in [0.25, 0.3) is 5.91 Å². The Morgan fingerprint density at radius 2 is 1.79 bits per heavy atom. The molecule has 1 heterocycles. The summed E-state index contributed by atoms with van der Waals surface area (Å²) in [5, 5.41) is 8.24. The van der Waals surface area contributed by atoms with Crippen LogP contribution in [0.2, 0.25) is 0 Å². The molecule has 2 atom stereocenters. The van der Waals surface area contributed by atoms with Crippen LogP contribution in [0, 0.1) is 0 Å². The molecule has 0 aliphatic carbocycles. The predicted octanol–water partition coefficient (Wildman–Crippen LogP) is 1.41. The van der Waals surface area contributed by atoms with Crippen molar-refractivity contribution in [2.45, 2.75) is 37.9 Å². The van der Waals surface area contributed by atoms with E-state index in [4.69, 9.17) is 31.8 Å². The minimum atomic E-state index is -0.955. The first-order valence-electron chi connectivity index (χ1n) is 10.8. The third-order valence-electron chi connectivity index (χ3n) is 5.45. The summed E-state index contributed by atoms with van der Waals surface area (Å²) in [5.41, 5.74) is 18.1. The Morgan fingerprint density at radius 3 is 2.35 bits per heavy atom. The van der Waals surface area contributed by atoms with E-state index in [1.807, 2.05) is 24.3 Å². The van der Waals surface area contributed by atoms with Crippen LogP contribution in [-0.4, -0.2) is 54.6 Å². The highest BCUT2D eigenvalue weighted by molar-refractivity contribution is 5.98. The summed E-state index contributed by atoms with van der Waals surface area (Å²) in [6.07, 6.45) is 1.18. The lowest BCUT2D eigenvalue weighted by atomic mass is 10.0. The molecule has 10 nitrogen and oxygen atoms in total. The number of ether oxygens (including phenoxy) is 2. The monoisotopic (exact) mass is 472 g/mol. The molecular formula is C24H32N4O6. The van der Waals surface area contributed by atoms with Crippen molar-refractivity contribution in [3.8, 4) is 11.5 Å². The summed E-state index contributed by atoms with van der Waals surface area (Å²) in [4.78, 5) is 36.1. The Bertz CT molecular complexity index is 1010. The molecule has 0 spiro atoms. The van der Waals surface area contributed by atoms with E-state index in [1.54, 1.807) is 37.3 Å². The maximum atomic E-state index is 12.8. The smallest absolute Gasteiger partial charge is 0.320 e. The van der Waals surface area contributed by atoms with Gasteiger partial charge in [0.2, 0.25) is 5.91 Å². The van der Waals surface area contributed by atoms with Crippen LogP contribution in [-0.2, 0) is 16.1 Å². The Balaban J connectivity index is 0.000000387. The maximum absolute atomic E-state index is 12.8. The van der Waals surface area contributed by atoms with Crippen LogP contribution < -0.4 is 26.7 Å². The van der Waals surface area contributed by atoms with Gasteiger partial charge >= 0.3 is 5.97 Å². The summed E-state index contributed by atoms with van der Waals surface area (Å²) >= 11 is 0. The van der Waals surface area contributed by atoms with E-state index in [9.17, 15) is 14.4 Å². The second kappa shape index (κ2) is 12.6. The van der Waals surface area contributed by atoms with Gasteiger partial charge in [0.05, 0.1) is 26.7 Å². The molecule has 0 fully saturated rings. The summed E-state index contributed by atoms with van der Waals surface area (Å²) in [5.74, 6) is -0.401. The van der Waals surface area contributed by atoms with Gasteiger partial charge in [-0.3, -0.25) is 14.4 Å². The highest BCUT2D eigenvalue weighted by atomic mass is 16.5. The van der Waals surface area contributed by atoms with E-state index in [2.05, 4.69) is 0 Å². The number of aliphatic carboxylic acids is 1. The van der Waals surface area contributed by atoms with Crippen LogP contribution in [0.4, 0.5) is 0 Å². The number of methoxy groups -OCH3 is 2. The Morgan fingerprint density at radius 1 is 1.12 bits per heavy atom. The zero-order valence-corrected chi connectivity index (χ0v) is 19.4. The largest absolute Gasteiger partial charge is 0.493 e. The lowest BCUT2D eigenvalue weighted by Crippen LogP contribution is -2.32. The van der Waals surface area contributed by atoms with Gasteiger partial charge in [-0.25, -0.2) is 0 Å². The van der Waals surface area contributed by atoms with Gasteiger partial charge in [0.1, 0.15) is 6.04 Å². The molecule has 34 heavy (non-hydrogen) atoms. The van der Waals surface area contributed by atoms with E-state index >= 15 is 0 Å². The normalized spacial score (nSPS) is 13.9. The zero-order valence-electron chi connectivity index (χ0n) is 19.4. The molecule has 2 aromatic carbocycles. The van der Waals surface area contributed by atoms with Crippen molar-refractivity contribution in [1.82, 2.24) is 4.90 Å². The fraction of sp³-hybridized carbons (Fsp3) is 0.375. The van der Waals surface area contributed by atoms with Crippen molar-refractivity contribution >= 4 is 17.8 Å². The van der Waals surface area contributed by atoms with Crippen molar-refractivity contribution in [3.05, 3.63) is 59.2 Å². The Hall–Kier alpha value is -3.63. The van der Waals surface area contributed by atoms with E-state index in [-0.39, 0.29) is 12.3 Å². The maximum Gasteiger partial charge on any atom is 0.320 e. The number of carbonyl (C=O) groups is 3. The Labute approximate surface area is 198 Å². The summed E-state index contributed by atoms with van der Waals surface area (Å²) < 4.78 is 10.6. The fourth-order valence-corrected chi connectivity index (χ4v) is 3.65. The minimum absolute atomic E-state index is 0.0369. The van der Waals surface area contributed by atoms with Crippen molar-refractivity contribution < 1.29 is 29.0 Å². The third-order valence-corrected chi connectivity index (χ3v) is 5.45. The molecule has 1 aliphatic rings. The number of carbonyl (C=O) groups excluding carboxylic acids is 2. The SMILES string of the molecule is COc1ccc(C(CC(N)=O)N2Cc3ccccc3C2=O)cc1OC.NCCCC(N)C(=O)O. The van der Waals surface area contributed by atoms with Crippen LogP contribution in [0.3, 0.4) is 0 Å². The van der Waals surface area contributed by atoms with E-state index in [1.165, 1.54) is 0 Å². The number of fused-ring (bicyclic) bond motifs is 1. The van der Waals surface area contributed by atoms with Gasteiger partial charge in [-0.15, -0.1) is 0 Å². The topological polar surface area (TPSA) is 171 Å². The van der Waals surface area contributed by atoms with Crippen LogP contribution in [0.1, 0.15) is 46.8 Å². The van der Waals surface area contributed by atoms with E-state index in [0.29, 0.717) is 43.0 Å². The molecule has 0 bridgehead atoms. The van der Waals surface area contributed by atoms with Crippen molar-refractivity contribution in [2.75, 3.05) is 20.8 Å². The van der Waals surface area contributed by atoms with Gasteiger partial charge in [-0.2, -0.15) is 0 Å². The second-order valence-electron chi connectivity index (χ2n) is 7.77. The standard InChI is InChI=1S/C19H20N2O4.C5H12N2O2/c1-24-16-8-7-12(9-17(16)25-2)15(10-18(20)22)21-11-13-5-3-4-6-14(13)19(21)23;6-3-1-2-4(7)5(8)9/h3-9,15H,10-11H2,1-2H3,(H2,20,22);4H,1-3,6-7H2,(H,8,9). The summed E-state index contributed by atoms with van der Waals surface area (Å²) in [6.45, 7) is 0.947. The summed E-state index contributed by atoms with van der Waals surface area (Å²) in [7, 11) is 3.10. The highest BCUT2D eigenvalue weighted by Gasteiger charge is 2.34. The fourth-order valence-electron chi connectivity index (χ4n) is 3.65. The van der Waals surface area contributed by atoms with Gasteiger partial charge in [0.15, 0.2) is 11.5 Å². The molecule has 7 N–H and O–H groups in total. The van der Waals surface area contributed by atoms with Crippen LogP contribution in [0.15, 0.2) is 42.5 Å². The van der Waals surface area contributed by atoms with Crippen LogP contribution in [0.25, 0.3) is 0 Å². The molecule has 0 saturated carbocycles. The molecule has 10 heteroatoms. The number of amides is 2. The molecule has 0 aromatic heterocycles. The third kappa shape index (κ3) is 6.69. The van der Waals surface area contributed by atoms with Gasteiger partial charge in [-0.1, -0.05) is 24.3 Å². The molecule has 2 amide bonds. The van der Waals surface area contributed by atoms with Crippen molar-refractivity contribution in [3.63, 3.8) is 0 Å². The number of rotatable bonds is 10. The Kier molecular flexibility index (Phi) is 9.84. The van der Waals surface area contributed by atoms with Crippen molar-refractivity contribution in [2.24, 2.45) is 17.2 Å². The van der Waals surface area contributed by atoms with Gasteiger partial charge in [-0.05, 0) is 48.7 Å². The number of carboxylic acid groups (broad SMARTS) is 1. The molecule has 0 saturated heterocycles. The lowest BCUT2D eigenvalue weighted by Gasteiger charge is -2.28. The number of primary amides is 1. The quantitative estimate of drug-likeness (QED) is 0.402. The molecular weight excluding hydrogens is 440 g/mol. The van der Waals surface area contributed by atoms with Crippen molar-refractivity contribution in [1.29, 1.82) is 0 Å². The minimum Gasteiger partial charge on any atom is -0.493 e. The first kappa shape index (κ1) is 26.6. The molecule has 1 aliphatic heterocycles. The molecule has 2 aromatic rings. The lowest BCUT2D eigenvalue weighted by molar-refractivity contribution is -0.138. The predicted molar refractivity (Wildman–Crippen MR) is 126 cm³/mol. The first-order chi connectivity index (χ1) is 16.2. The highest BCUT2D eigenvalue weighted by Crippen LogP contribution is 2.37. The number of hydrogen-bond acceptors (Lipinski definition) is 7. The molecule has 184 valence electrons. The average Bonchev–Trinajstić information content (AvgIpc) is 3.17. The van der Waals surface area contributed by atoms with E-state index in [0.717, 1.165) is 11.1 Å². The van der Waals surface area contributed by atoms with E-state index < -0.39 is 24.0 Å². The van der Waals surface area contributed by atoms with Gasteiger partial charge in [0, 0.05) is 12.1 Å². The van der Waals surface area contributed by atoms with Gasteiger partial charge < -0.3 is 36.7 Å².